The number of hydrogen-bond acceptors (Lipinski definition) is 1. The number of allylic oxidation sites excluding steroid dienone is 2. The number of nitrogens with one attached hydrogen (secondary N) is 1. The minimum absolute atomic E-state index is 0.464. The van der Waals surface area contributed by atoms with Gasteiger partial charge in [-0.25, -0.2) is 0 Å². The fourth-order valence-electron chi connectivity index (χ4n) is 5.74. The number of fused-ring (bicyclic) bond motifs is 6. The van der Waals surface area contributed by atoms with Crippen LogP contribution in [0.2, 0.25) is 0 Å². The van der Waals surface area contributed by atoms with Gasteiger partial charge in [0.1, 0.15) is 0 Å². The fourth-order valence-corrected chi connectivity index (χ4v) is 5.74. The van der Waals surface area contributed by atoms with E-state index in [1.54, 1.807) is 0 Å². The van der Waals surface area contributed by atoms with Gasteiger partial charge in [0.15, 0.2) is 0 Å². The first kappa shape index (κ1) is 21.0. The molecule has 1 aliphatic heterocycles. The Bertz CT molecular complexity index is 1490. The van der Waals surface area contributed by atoms with Crippen LogP contribution in [-0.4, -0.2) is 6.04 Å². The van der Waals surface area contributed by atoms with Gasteiger partial charge in [0.25, 0.3) is 0 Å². The maximum absolute atomic E-state index is 4.11. The molecule has 0 saturated carbocycles. The van der Waals surface area contributed by atoms with Gasteiger partial charge in [-0.15, -0.1) is 0 Å². The van der Waals surface area contributed by atoms with Gasteiger partial charge in [0.2, 0.25) is 0 Å². The van der Waals surface area contributed by atoms with Crippen LogP contribution >= 0.6 is 0 Å². The molecule has 0 radical (unpaired) electrons. The second-order valence-electron chi connectivity index (χ2n) is 10.0. The molecule has 34 heavy (non-hydrogen) atoms. The van der Waals surface area contributed by atoms with E-state index in [1.165, 1.54) is 61.0 Å². The van der Waals surface area contributed by atoms with Crippen molar-refractivity contribution in [3.63, 3.8) is 0 Å². The Kier molecular flexibility index (Phi) is 4.95. The second-order valence-corrected chi connectivity index (χ2v) is 10.0. The molecule has 1 aliphatic carbocycles. The molecule has 2 unspecified atom stereocenters. The van der Waals surface area contributed by atoms with Crippen molar-refractivity contribution in [3.05, 3.63) is 102 Å². The van der Waals surface area contributed by atoms with E-state index in [0.717, 1.165) is 18.4 Å². The van der Waals surface area contributed by atoms with Crippen LogP contribution in [0.1, 0.15) is 55.4 Å². The summed E-state index contributed by atoms with van der Waals surface area (Å²) in [5.41, 5.74) is 13.1. The molecule has 6 rings (SSSR count). The van der Waals surface area contributed by atoms with Crippen LogP contribution in [0.3, 0.4) is 0 Å². The third-order valence-electron chi connectivity index (χ3n) is 7.81. The van der Waals surface area contributed by atoms with Gasteiger partial charge in [-0.1, -0.05) is 79.8 Å². The van der Waals surface area contributed by atoms with E-state index < -0.39 is 0 Å². The quantitative estimate of drug-likeness (QED) is 0.334. The highest BCUT2D eigenvalue weighted by Crippen LogP contribution is 2.47. The maximum Gasteiger partial charge on any atom is 0.0461 e. The molecular weight excluding hydrogens is 410 g/mol. The summed E-state index contributed by atoms with van der Waals surface area (Å²) in [7, 11) is 0. The zero-order valence-electron chi connectivity index (χ0n) is 20.3. The minimum atomic E-state index is 0.464. The summed E-state index contributed by atoms with van der Waals surface area (Å²) in [6, 6.07) is 25.2. The molecule has 4 aromatic rings. The van der Waals surface area contributed by atoms with Crippen molar-refractivity contribution in [3.8, 4) is 22.3 Å². The third-order valence-corrected chi connectivity index (χ3v) is 7.81. The normalized spacial score (nSPS) is 18.4. The lowest BCUT2D eigenvalue weighted by atomic mass is 9.83. The second kappa shape index (κ2) is 8.02. The molecule has 0 aromatic heterocycles. The number of anilines is 1. The van der Waals surface area contributed by atoms with Crippen LogP contribution in [0, 0.1) is 0 Å². The number of benzene rings is 4. The van der Waals surface area contributed by atoms with Gasteiger partial charge < -0.3 is 5.32 Å². The summed E-state index contributed by atoms with van der Waals surface area (Å²) < 4.78 is 0. The first-order chi connectivity index (χ1) is 16.5. The number of rotatable bonds is 3. The lowest BCUT2D eigenvalue weighted by Crippen LogP contribution is -2.13. The highest BCUT2D eigenvalue weighted by atomic mass is 15.0. The summed E-state index contributed by atoms with van der Waals surface area (Å²) in [6.07, 6.45) is 6.90. The molecule has 1 heteroatoms. The zero-order chi connectivity index (χ0) is 23.4. The van der Waals surface area contributed by atoms with Crippen LogP contribution in [0.15, 0.2) is 79.4 Å². The molecule has 0 spiro atoms. The van der Waals surface area contributed by atoms with Gasteiger partial charge in [-0.05, 0) is 94.6 Å². The average molecular weight is 442 g/mol. The first-order valence-electron chi connectivity index (χ1n) is 12.4. The Morgan fingerprint density at radius 3 is 2.32 bits per heavy atom. The highest BCUT2D eigenvalue weighted by molar-refractivity contribution is 6.01. The maximum atomic E-state index is 4.11. The predicted molar refractivity (Wildman–Crippen MR) is 148 cm³/mol. The predicted octanol–water partition coefficient (Wildman–Crippen LogP) is 9.08. The number of aryl methyl sites for hydroxylation is 1. The van der Waals surface area contributed by atoms with Crippen molar-refractivity contribution in [1.29, 1.82) is 0 Å². The lowest BCUT2D eigenvalue weighted by molar-refractivity contribution is 0.693. The Labute approximate surface area is 202 Å². The van der Waals surface area contributed by atoms with E-state index in [1.807, 2.05) is 0 Å². The summed E-state index contributed by atoms with van der Waals surface area (Å²) in [5.74, 6) is 0.507. The van der Waals surface area contributed by atoms with Crippen LogP contribution in [0.25, 0.3) is 44.7 Å². The van der Waals surface area contributed by atoms with Gasteiger partial charge in [0, 0.05) is 23.2 Å². The Morgan fingerprint density at radius 2 is 1.56 bits per heavy atom. The highest BCUT2D eigenvalue weighted by Gasteiger charge is 2.31. The summed E-state index contributed by atoms with van der Waals surface area (Å²) in [6.45, 7) is 10.8. The molecule has 1 heterocycles. The largest absolute Gasteiger partial charge is 0.381 e. The molecule has 2 atom stereocenters. The Morgan fingerprint density at radius 1 is 0.853 bits per heavy atom. The zero-order valence-corrected chi connectivity index (χ0v) is 20.3. The Hall–Kier alpha value is -3.58. The monoisotopic (exact) mass is 441 g/mol. The van der Waals surface area contributed by atoms with E-state index in [0.29, 0.717) is 12.0 Å². The van der Waals surface area contributed by atoms with E-state index >= 15 is 0 Å². The molecule has 0 bridgehead atoms. The SMILES string of the molecule is C=C(C)c1cccc(-c2cccc(-c3ccc4c5c(c6c(c4c3)CCC=C6)NC(C)C5C)c2)c1. The summed E-state index contributed by atoms with van der Waals surface area (Å²) in [5, 5.41) is 6.64. The molecule has 0 saturated heterocycles. The smallest absolute Gasteiger partial charge is 0.0461 e. The number of hydrogen-bond donors (Lipinski definition) is 1. The van der Waals surface area contributed by atoms with Crippen molar-refractivity contribution in [2.24, 2.45) is 0 Å². The van der Waals surface area contributed by atoms with E-state index in [4.69, 9.17) is 0 Å². The first-order valence-corrected chi connectivity index (χ1v) is 12.4. The molecule has 0 fully saturated rings. The molecule has 0 amide bonds. The molecular formula is C33H31N. The molecule has 1 nitrogen and oxygen atoms in total. The average Bonchev–Trinajstić information content (AvgIpc) is 3.18. The minimum Gasteiger partial charge on any atom is -0.381 e. The van der Waals surface area contributed by atoms with Crippen LogP contribution in [-0.2, 0) is 6.42 Å². The van der Waals surface area contributed by atoms with E-state index in [9.17, 15) is 0 Å². The molecule has 1 N–H and O–H groups in total. The van der Waals surface area contributed by atoms with Crippen molar-refractivity contribution >= 4 is 28.1 Å². The summed E-state index contributed by atoms with van der Waals surface area (Å²) in [4.78, 5) is 0. The van der Waals surface area contributed by atoms with Gasteiger partial charge >= 0.3 is 0 Å². The van der Waals surface area contributed by atoms with Crippen molar-refractivity contribution in [2.45, 2.75) is 45.6 Å². The summed E-state index contributed by atoms with van der Waals surface area (Å²) >= 11 is 0. The topological polar surface area (TPSA) is 12.0 Å². The van der Waals surface area contributed by atoms with Crippen molar-refractivity contribution < 1.29 is 0 Å². The van der Waals surface area contributed by atoms with Crippen LogP contribution < -0.4 is 5.32 Å². The van der Waals surface area contributed by atoms with Crippen LogP contribution in [0.5, 0.6) is 0 Å². The van der Waals surface area contributed by atoms with Gasteiger partial charge in [0.05, 0.1) is 0 Å². The standard InChI is InChI=1S/C33H31N/c1-20(2)23-9-7-10-24(17-23)25-11-8-12-26(18-25)27-15-16-29-31(19-27)28-13-5-6-14-30(28)33-32(29)21(3)22(4)34-33/h6-12,14-19,21-22,34H,1,5,13H2,2-4H3. The van der Waals surface area contributed by atoms with Gasteiger partial charge in [-0.3, -0.25) is 0 Å². The van der Waals surface area contributed by atoms with Crippen molar-refractivity contribution in [2.75, 3.05) is 5.32 Å². The Balaban J connectivity index is 1.51. The van der Waals surface area contributed by atoms with E-state index in [2.05, 4.69) is 112 Å². The van der Waals surface area contributed by atoms with Crippen molar-refractivity contribution in [1.82, 2.24) is 0 Å². The van der Waals surface area contributed by atoms with E-state index in [-0.39, 0.29) is 0 Å². The fraction of sp³-hybridized carbons (Fsp3) is 0.212. The lowest BCUT2D eigenvalue weighted by Gasteiger charge is -2.20. The van der Waals surface area contributed by atoms with Crippen LogP contribution in [0.4, 0.5) is 5.69 Å². The molecule has 168 valence electrons. The third kappa shape index (κ3) is 3.30. The molecule has 2 aliphatic rings. The molecule has 4 aromatic carbocycles. The van der Waals surface area contributed by atoms with Gasteiger partial charge in [-0.2, -0.15) is 0 Å².